The van der Waals surface area contributed by atoms with E-state index in [9.17, 15) is 4.79 Å². The van der Waals surface area contributed by atoms with E-state index >= 15 is 0 Å². The van der Waals surface area contributed by atoms with E-state index in [1.165, 1.54) is 4.88 Å². The third kappa shape index (κ3) is 1.85. The number of primary amides is 1. The number of hydrogen-bond acceptors (Lipinski definition) is 3. The van der Waals surface area contributed by atoms with E-state index in [4.69, 9.17) is 5.73 Å². The third-order valence-corrected chi connectivity index (χ3v) is 3.11. The summed E-state index contributed by atoms with van der Waals surface area (Å²) in [4.78, 5) is 12.2. The van der Waals surface area contributed by atoms with Gasteiger partial charge in [0.25, 0.3) is 0 Å². The molecule has 3 nitrogen and oxygen atoms in total. The quantitative estimate of drug-likeness (QED) is 0.737. The second-order valence-corrected chi connectivity index (χ2v) is 3.81. The standard InChI is InChI=1S/C8H10N2OS.ClH/c9-8(11)6-4-12-7-3-10-2-1-5(6)7;/h4,10H,1-3H2,(H2,9,11);1H. The Balaban J connectivity index is 0.000000845. The minimum absolute atomic E-state index is 0. The molecule has 0 saturated heterocycles. The van der Waals surface area contributed by atoms with Gasteiger partial charge in [-0.1, -0.05) is 0 Å². The molecule has 0 atom stereocenters. The fraction of sp³-hybridized carbons (Fsp3) is 0.375. The number of rotatable bonds is 1. The second-order valence-electron chi connectivity index (χ2n) is 2.84. The zero-order valence-electron chi connectivity index (χ0n) is 7.00. The lowest BCUT2D eigenvalue weighted by Gasteiger charge is -2.12. The number of carbonyl (C=O) groups is 1. The van der Waals surface area contributed by atoms with Gasteiger partial charge in [0.1, 0.15) is 0 Å². The van der Waals surface area contributed by atoms with E-state index in [-0.39, 0.29) is 18.3 Å². The van der Waals surface area contributed by atoms with Gasteiger partial charge in [-0.25, -0.2) is 0 Å². The molecule has 0 unspecified atom stereocenters. The highest BCUT2D eigenvalue weighted by atomic mass is 35.5. The van der Waals surface area contributed by atoms with E-state index < -0.39 is 0 Å². The van der Waals surface area contributed by atoms with Gasteiger partial charge in [0.05, 0.1) is 5.56 Å². The first-order valence-electron chi connectivity index (χ1n) is 3.89. The van der Waals surface area contributed by atoms with Gasteiger partial charge in [-0.2, -0.15) is 0 Å². The molecule has 3 N–H and O–H groups in total. The van der Waals surface area contributed by atoms with E-state index in [1.807, 2.05) is 5.38 Å². The van der Waals surface area contributed by atoms with Gasteiger partial charge in [0.2, 0.25) is 5.91 Å². The van der Waals surface area contributed by atoms with E-state index in [0.29, 0.717) is 0 Å². The van der Waals surface area contributed by atoms with Crippen LogP contribution in [0, 0.1) is 0 Å². The number of nitrogens with two attached hydrogens (primary N) is 1. The molecule has 0 aromatic carbocycles. The number of halogens is 1. The predicted molar refractivity (Wildman–Crippen MR) is 55.5 cm³/mol. The summed E-state index contributed by atoms with van der Waals surface area (Å²) in [6.45, 7) is 1.83. The molecule has 0 radical (unpaired) electrons. The van der Waals surface area contributed by atoms with Crippen molar-refractivity contribution in [1.82, 2.24) is 5.32 Å². The summed E-state index contributed by atoms with van der Waals surface area (Å²) in [5.74, 6) is -0.297. The van der Waals surface area contributed by atoms with Crippen LogP contribution in [0.15, 0.2) is 5.38 Å². The van der Waals surface area contributed by atoms with Crippen LogP contribution in [0.2, 0.25) is 0 Å². The molecule has 0 saturated carbocycles. The third-order valence-electron chi connectivity index (χ3n) is 2.08. The molecule has 0 bridgehead atoms. The van der Waals surface area contributed by atoms with Crippen LogP contribution in [0.3, 0.4) is 0 Å². The molecule has 72 valence electrons. The first kappa shape index (κ1) is 10.5. The number of fused-ring (bicyclic) bond motifs is 1. The molecule has 0 aliphatic carbocycles. The highest BCUT2D eigenvalue weighted by Crippen LogP contribution is 2.24. The highest BCUT2D eigenvalue weighted by Gasteiger charge is 2.17. The van der Waals surface area contributed by atoms with Crippen LogP contribution in [-0.2, 0) is 13.0 Å². The van der Waals surface area contributed by atoms with Crippen molar-refractivity contribution in [2.24, 2.45) is 5.73 Å². The molecule has 1 aliphatic rings. The lowest BCUT2D eigenvalue weighted by Crippen LogP contribution is -2.24. The van der Waals surface area contributed by atoms with E-state index in [2.05, 4.69) is 5.32 Å². The Morgan fingerprint density at radius 2 is 2.38 bits per heavy atom. The Bertz CT molecular complexity index is 324. The minimum atomic E-state index is -0.297. The summed E-state index contributed by atoms with van der Waals surface area (Å²) in [5.41, 5.74) is 7.11. The molecule has 13 heavy (non-hydrogen) atoms. The van der Waals surface area contributed by atoms with Gasteiger partial charge in [-0.3, -0.25) is 4.79 Å². The molecule has 1 aromatic heterocycles. The van der Waals surface area contributed by atoms with Crippen molar-refractivity contribution in [3.63, 3.8) is 0 Å². The summed E-state index contributed by atoms with van der Waals surface area (Å²) >= 11 is 1.62. The molecule has 5 heteroatoms. The molecule has 2 rings (SSSR count). The number of carbonyl (C=O) groups excluding carboxylic acids is 1. The van der Waals surface area contributed by atoms with Gasteiger partial charge in [-0.05, 0) is 18.5 Å². The number of nitrogens with one attached hydrogen (secondary N) is 1. The van der Waals surface area contributed by atoms with Gasteiger partial charge in [-0.15, -0.1) is 23.7 Å². The summed E-state index contributed by atoms with van der Waals surface area (Å²) in [6.07, 6.45) is 0.928. The van der Waals surface area contributed by atoms with Crippen LogP contribution in [0.4, 0.5) is 0 Å². The number of thiophene rings is 1. The van der Waals surface area contributed by atoms with Crippen LogP contribution >= 0.6 is 23.7 Å². The van der Waals surface area contributed by atoms with Crippen LogP contribution in [-0.4, -0.2) is 12.5 Å². The SMILES string of the molecule is Cl.NC(=O)c1csc2c1CCNC2. The number of amides is 1. The fourth-order valence-corrected chi connectivity index (χ4v) is 2.53. The fourth-order valence-electron chi connectivity index (χ4n) is 1.47. The van der Waals surface area contributed by atoms with Gasteiger partial charge < -0.3 is 11.1 Å². The molecule has 0 fully saturated rings. The molecule has 2 heterocycles. The first-order chi connectivity index (χ1) is 5.79. The van der Waals surface area contributed by atoms with Crippen LogP contribution in [0.25, 0.3) is 0 Å². The van der Waals surface area contributed by atoms with Crippen molar-refractivity contribution in [1.29, 1.82) is 0 Å². The lowest BCUT2D eigenvalue weighted by molar-refractivity contribution is 0.0999. The molecule has 0 spiro atoms. The molecule has 1 amide bonds. The zero-order chi connectivity index (χ0) is 8.55. The molecular weight excluding hydrogens is 208 g/mol. The minimum Gasteiger partial charge on any atom is -0.366 e. The zero-order valence-corrected chi connectivity index (χ0v) is 8.63. The average molecular weight is 219 g/mol. The smallest absolute Gasteiger partial charge is 0.249 e. The number of hydrogen-bond donors (Lipinski definition) is 2. The van der Waals surface area contributed by atoms with Gasteiger partial charge >= 0.3 is 0 Å². The monoisotopic (exact) mass is 218 g/mol. The maximum Gasteiger partial charge on any atom is 0.249 e. The normalized spacial score (nSPS) is 14.5. The van der Waals surface area contributed by atoms with Gasteiger partial charge in [0, 0.05) is 16.8 Å². The Morgan fingerprint density at radius 3 is 3.08 bits per heavy atom. The first-order valence-corrected chi connectivity index (χ1v) is 4.77. The Labute approximate surface area is 86.7 Å². The Morgan fingerprint density at radius 1 is 1.62 bits per heavy atom. The van der Waals surface area contributed by atoms with Crippen molar-refractivity contribution in [3.8, 4) is 0 Å². The predicted octanol–water partition coefficient (Wildman–Crippen LogP) is 0.915. The molecule has 1 aromatic rings. The molecule has 1 aliphatic heterocycles. The van der Waals surface area contributed by atoms with Crippen LogP contribution in [0.1, 0.15) is 20.8 Å². The largest absolute Gasteiger partial charge is 0.366 e. The maximum absolute atomic E-state index is 10.9. The van der Waals surface area contributed by atoms with Crippen molar-refractivity contribution in [3.05, 3.63) is 21.4 Å². The van der Waals surface area contributed by atoms with Gasteiger partial charge in [0.15, 0.2) is 0 Å². The summed E-state index contributed by atoms with van der Waals surface area (Å²) < 4.78 is 0. The Hall–Kier alpha value is -0.580. The molecular formula is C8H11ClN2OS. The average Bonchev–Trinajstić information content (AvgIpc) is 2.47. The summed E-state index contributed by atoms with van der Waals surface area (Å²) in [5, 5.41) is 5.11. The van der Waals surface area contributed by atoms with E-state index in [1.54, 1.807) is 11.3 Å². The van der Waals surface area contributed by atoms with Crippen molar-refractivity contribution in [2.75, 3.05) is 6.54 Å². The van der Waals surface area contributed by atoms with Crippen LogP contribution in [0.5, 0.6) is 0 Å². The topological polar surface area (TPSA) is 55.1 Å². The van der Waals surface area contributed by atoms with Crippen LogP contribution < -0.4 is 11.1 Å². The summed E-state index contributed by atoms with van der Waals surface area (Å²) in [6, 6.07) is 0. The summed E-state index contributed by atoms with van der Waals surface area (Å²) in [7, 11) is 0. The lowest BCUT2D eigenvalue weighted by atomic mass is 10.0. The highest BCUT2D eigenvalue weighted by molar-refractivity contribution is 7.10. The Kier molecular flexibility index (Phi) is 3.30. The second kappa shape index (κ2) is 4.09. The van der Waals surface area contributed by atoms with Crippen molar-refractivity contribution >= 4 is 29.7 Å². The maximum atomic E-state index is 10.9. The van der Waals surface area contributed by atoms with E-state index in [0.717, 1.165) is 30.6 Å². The van der Waals surface area contributed by atoms with Crippen molar-refractivity contribution in [2.45, 2.75) is 13.0 Å². The van der Waals surface area contributed by atoms with Crippen molar-refractivity contribution < 1.29 is 4.79 Å².